The normalized spacial score (nSPS) is 14.0. The van der Waals surface area contributed by atoms with Crippen molar-refractivity contribution in [1.82, 2.24) is 15.6 Å². The molecule has 0 aliphatic rings. The number of hydrogen-bond donors (Lipinski definition) is 4. The number of carboxylic acid groups (broad SMARTS) is 1. The summed E-state index contributed by atoms with van der Waals surface area (Å²) in [5.41, 5.74) is 1.51. The fraction of sp³-hybridized carbons (Fsp3) is 0.500. The molecule has 3 N–H and O–H groups in total. The molecule has 2 rings (SSSR count). The van der Waals surface area contributed by atoms with Crippen LogP contribution in [0.5, 0.6) is 0 Å². The summed E-state index contributed by atoms with van der Waals surface area (Å²) >= 11 is 5.93. The van der Waals surface area contributed by atoms with Crippen LogP contribution < -0.4 is 10.6 Å². The Labute approximate surface area is 204 Å². The maximum absolute atomic E-state index is 12.9. The maximum Gasteiger partial charge on any atom is 0.326 e. The van der Waals surface area contributed by atoms with Crippen LogP contribution in [0.1, 0.15) is 46.1 Å². The third-order valence-corrected chi connectivity index (χ3v) is 6.33. The highest BCUT2D eigenvalue weighted by Gasteiger charge is 2.29. The van der Waals surface area contributed by atoms with E-state index in [0.29, 0.717) is 18.4 Å². The van der Waals surface area contributed by atoms with Crippen LogP contribution in [0.25, 0.3) is 10.6 Å². The van der Waals surface area contributed by atoms with E-state index in [9.17, 15) is 19.5 Å². The number of carboxylic acids is 1. The van der Waals surface area contributed by atoms with Gasteiger partial charge in [0.2, 0.25) is 11.8 Å². The minimum absolute atomic E-state index is 0.0870. The Morgan fingerprint density at radius 1 is 1.00 bits per heavy atom. The molecule has 0 saturated heterocycles. The van der Waals surface area contributed by atoms with E-state index in [4.69, 9.17) is 0 Å². The summed E-state index contributed by atoms with van der Waals surface area (Å²) in [4.78, 5) is 42.8. The SMILES string of the molecule is CC(C)CC(S)C(=O)NC(CC(C)C)C(=O)NC(Cc1ccc(-c2cccs2)nc1)C(=O)O. The minimum atomic E-state index is -1.15. The number of rotatable bonds is 12. The summed E-state index contributed by atoms with van der Waals surface area (Å²) in [7, 11) is 0. The van der Waals surface area contributed by atoms with E-state index in [0.717, 1.165) is 10.6 Å². The van der Waals surface area contributed by atoms with Gasteiger partial charge in [-0.15, -0.1) is 11.3 Å². The number of thiophene rings is 1. The molecule has 180 valence electrons. The Balaban J connectivity index is 2.07. The van der Waals surface area contributed by atoms with Crippen LogP contribution in [0.15, 0.2) is 35.8 Å². The zero-order chi connectivity index (χ0) is 24.5. The zero-order valence-corrected chi connectivity index (χ0v) is 21.2. The van der Waals surface area contributed by atoms with E-state index in [1.54, 1.807) is 17.5 Å². The topological polar surface area (TPSA) is 108 Å². The van der Waals surface area contributed by atoms with E-state index in [-0.39, 0.29) is 24.2 Å². The molecule has 2 heterocycles. The molecule has 2 amide bonds. The first-order valence-electron chi connectivity index (χ1n) is 11.1. The molecule has 7 nitrogen and oxygen atoms in total. The minimum Gasteiger partial charge on any atom is -0.480 e. The molecule has 9 heteroatoms. The van der Waals surface area contributed by atoms with Crippen molar-refractivity contribution in [3.05, 3.63) is 41.4 Å². The van der Waals surface area contributed by atoms with Crippen molar-refractivity contribution in [1.29, 1.82) is 0 Å². The van der Waals surface area contributed by atoms with Crippen molar-refractivity contribution in [2.75, 3.05) is 0 Å². The number of carbonyl (C=O) groups is 3. The third-order valence-electron chi connectivity index (χ3n) is 4.99. The summed E-state index contributed by atoms with van der Waals surface area (Å²) in [6, 6.07) is 5.59. The van der Waals surface area contributed by atoms with Crippen molar-refractivity contribution < 1.29 is 19.5 Å². The smallest absolute Gasteiger partial charge is 0.326 e. The first kappa shape index (κ1) is 26.9. The number of nitrogens with one attached hydrogen (secondary N) is 2. The number of aliphatic carboxylic acids is 1. The first-order chi connectivity index (χ1) is 15.6. The van der Waals surface area contributed by atoms with Crippen LogP contribution in [0.4, 0.5) is 0 Å². The van der Waals surface area contributed by atoms with Crippen molar-refractivity contribution in [2.24, 2.45) is 11.8 Å². The van der Waals surface area contributed by atoms with Crippen molar-refractivity contribution in [3.63, 3.8) is 0 Å². The molecule has 0 radical (unpaired) electrons. The lowest BCUT2D eigenvalue weighted by Gasteiger charge is -2.24. The summed E-state index contributed by atoms with van der Waals surface area (Å²) < 4.78 is 0. The quantitative estimate of drug-likeness (QED) is 0.338. The Hall–Kier alpha value is -2.39. The van der Waals surface area contributed by atoms with Crippen LogP contribution >= 0.6 is 24.0 Å². The first-order valence-corrected chi connectivity index (χ1v) is 12.5. The fourth-order valence-electron chi connectivity index (χ4n) is 3.35. The van der Waals surface area contributed by atoms with Crippen LogP contribution in [0, 0.1) is 11.8 Å². The van der Waals surface area contributed by atoms with E-state index in [2.05, 4.69) is 28.2 Å². The molecule has 33 heavy (non-hydrogen) atoms. The van der Waals surface area contributed by atoms with E-state index < -0.39 is 29.2 Å². The molecule has 2 aromatic heterocycles. The molecule has 0 spiro atoms. The Morgan fingerprint density at radius 2 is 1.67 bits per heavy atom. The third kappa shape index (κ3) is 8.81. The van der Waals surface area contributed by atoms with Gasteiger partial charge in [0.1, 0.15) is 12.1 Å². The molecule has 0 fully saturated rings. The second-order valence-electron chi connectivity index (χ2n) is 8.97. The average molecular weight is 492 g/mol. The van der Waals surface area contributed by atoms with Gasteiger partial charge in [0.15, 0.2) is 0 Å². The van der Waals surface area contributed by atoms with Gasteiger partial charge in [-0.3, -0.25) is 14.6 Å². The fourth-order valence-corrected chi connectivity index (χ4v) is 4.55. The summed E-state index contributed by atoms with van der Waals surface area (Å²) in [5, 5.41) is 16.5. The van der Waals surface area contributed by atoms with Gasteiger partial charge < -0.3 is 15.7 Å². The molecule has 2 aromatic rings. The second kappa shape index (κ2) is 12.7. The van der Waals surface area contributed by atoms with Gasteiger partial charge in [-0.1, -0.05) is 39.8 Å². The number of aromatic nitrogens is 1. The monoisotopic (exact) mass is 491 g/mol. The zero-order valence-electron chi connectivity index (χ0n) is 19.4. The number of pyridine rings is 1. The lowest BCUT2D eigenvalue weighted by atomic mass is 10.0. The predicted molar refractivity (Wildman–Crippen MR) is 134 cm³/mol. The summed E-state index contributed by atoms with van der Waals surface area (Å²) in [6.45, 7) is 7.87. The molecule has 0 aliphatic heterocycles. The van der Waals surface area contributed by atoms with E-state index in [1.807, 2.05) is 57.3 Å². The molecule has 3 atom stereocenters. The van der Waals surface area contributed by atoms with Crippen molar-refractivity contribution in [2.45, 2.75) is 64.3 Å². The van der Waals surface area contributed by atoms with Gasteiger partial charge in [0.05, 0.1) is 15.8 Å². The number of carbonyl (C=O) groups excluding carboxylic acids is 2. The number of nitrogens with zero attached hydrogens (tertiary/aromatic N) is 1. The van der Waals surface area contributed by atoms with Gasteiger partial charge in [-0.2, -0.15) is 12.6 Å². The van der Waals surface area contributed by atoms with Crippen LogP contribution in [-0.4, -0.2) is 45.2 Å². The van der Waals surface area contributed by atoms with Crippen LogP contribution in [-0.2, 0) is 20.8 Å². The standard InChI is InChI=1S/C24H33N3O4S2/c1-14(2)10-18(26-23(29)20(32)11-15(3)4)22(28)27-19(24(30)31)12-16-7-8-17(25-13-16)21-6-5-9-33-21/h5-9,13-15,18-20,32H,10-12H2,1-4H3,(H,26,29)(H,27,28)(H,30,31). The number of thiol groups is 1. The lowest BCUT2D eigenvalue weighted by Crippen LogP contribution is -2.53. The predicted octanol–water partition coefficient (Wildman–Crippen LogP) is 3.80. The van der Waals surface area contributed by atoms with Crippen molar-refractivity contribution in [3.8, 4) is 10.6 Å². The summed E-state index contributed by atoms with van der Waals surface area (Å²) in [6.07, 6.45) is 2.69. The molecule has 0 aromatic carbocycles. The highest BCUT2D eigenvalue weighted by atomic mass is 32.1. The van der Waals surface area contributed by atoms with Crippen molar-refractivity contribution >= 4 is 41.7 Å². The molecular formula is C24H33N3O4S2. The lowest BCUT2D eigenvalue weighted by molar-refractivity contribution is -0.142. The second-order valence-corrected chi connectivity index (χ2v) is 10.5. The molecule has 0 aliphatic carbocycles. The highest BCUT2D eigenvalue weighted by Crippen LogP contribution is 2.22. The summed E-state index contributed by atoms with van der Waals surface area (Å²) in [5.74, 6) is -1.58. The van der Waals surface area contributed by atoms with E-state index >= 15 is 0 Å². The van der Waals surface area contributed by atoms with Gasteiger partial charge in [0.25, 0.3) is 0 Å². The molecule has 0 saturated carbocycles. The number of hydrogen-bond acceptors (Lipinski definition) is 6. The van der Waals surface area contributed by atoms with E-state index in [1.165, 1.54) is 0 Å². The van der Waals surface area contributed by atoms with Crippen LogP contribution in [0.2, 0.25) is 0 Å². The average Bonchev–Trinajstić information content (AvgIpc) is 3.27. The molecular weight excluding hydrogens is 458 g/mol. The maximum atomic E-state index is 12.9. The van der Waals surface area contributed by atoms with Gasteiger partial charge in [-0.25, -0.2) is 4.79 Å². The van der Waals surface area contributed by atoms with Crippen LogP contribution in [0.3, 0.4) is 0 Å². The number of amides is 2. The van der Waals surface area contributed by atoms with Gasteiger partial charge >= 0.3 is 5.97 Å². The molecule has 3 unspecified atom stereocenters. The Morgan fingerprint density at radius 3 is 2.18 bits per heavy atom. The van der Waals surface area contributed by atoms with Gasteiger partial charge in [-0.05, 0) is 47.8 Å². The Kier molecular flexibility index (Phi) is 10.4. The molecule has 0 bridgehead atoms. The Bertz CT molecular complexity index is 914. The highest BCUT2D eigenvalue weighted by molar-refractivity contribution is 7.81. The largest absolute Gasteiger partial charge is 0.480 e. The van der Waals surface area contributed by atoms with Gasteiger partial charge in [0, 0.05) is 12.6 Å².